The Morgan fingerprint density at radius 3 is 3.10 bits per heavy atom. The Balaban J connectivity index is 1.87. The molecule has 1 saturated heterocycles. The zero-order valence-corrected chi connectivity index (χ0v) is 13.2. The van der Waals surface area contributed by atoms with E-state index in [0.717, 1.165) is 28.8 Å². The second-order valence-corrected chi connectivity index (χ2v) is 6.15. The van der Waals surface area contributed by atoms with Crippen LogP contribution in [0.25, 0.3) is 11.5 Å². The van der Waals surface area contributed by atoms with Gasteiger partial charge in [0, 0.05) is 4.47 Å². The average Bonchev–Trinajstić information content (AvgIpc) is 2.77. The lowest BCUT2D eigenvalue weighted by Gasteiger charge is -2.09. The summed E-state index contributed by atoms with van der Waals surface area (Å²) in [6.07, 6.45) is 4.70. The number of halogens is 2. The van der Waals surface area contributed by atoms with Crippen molar-refractivity contribution >= 4 is 27.5 Å². The zero-order valence-electron chi connectivity index (χ0n) is 10.9. The largest absolute Gasteiger partial charge is 0.334 e. The summed E-state index contributed by atoms with van der Waals surface area (Å²) in [4.78, 5) is 4.50. The fourth-order valence-electron chi connectivity index (χ4n) is 2.40. The zero-order chi connectivity index (χ0) is 13.9. The predicted molar refractivity (Wildman–Crippen MR) is 81.7 cm³/mol. The van der Waals surface area contributed by atoms with Crippen molar-refractivity contribution < 1.29 is 4.52 Å². The molecule has 2 heterocycles. The Bertz CT molecular complexity index is 594. The molecule has 0 amide bonds. The van der Waals surface area contributed by atoms with Gasteiger partial charge in [-0.2, -0.15) is 4.98 Å². The van der Waals surface area contributed by atoms with Gasteiger partial charge in [0.05, 0.1) is 16.6 Å². The molecule has 4 nitrogen and oxygen atoms in total. The molecule has 0 saturated carbocycles. The summed E-state index contributed by atoms with van der Waals surface area (Å²) in [7, 11) is 0. The molecule has 1 atom stereocenters. The molecule has 106 valence electrons. The third-order valence-corrected chi connectivity index (χ3v) is 4.79. The van der Waals surface area contributed by atoms with Crippen molar-refractivity contribution in [2.75, 3.05) is 6.54 Å². The summed E-state index contributed by atoms with van der Waals surface area (Å²) >= 11 is 9.66. The summed E-state index contributed by atoms with van der Waals surface area (Å²) in [5, 5.41) is 8.16. The van der Waals surface area contributed by atoms with Crippen molar-refractivity contribution in [1.29, 1.82) is 0 Å². The number of nitrogens with zero attached hydrogens (tertiary/aromatic N) is 2. The second kappa shape index (κ2) is 6.24. The van der Waals surface area contributed by atoms with Crippen LogP contribution in [-0.4, -0.2) is 16.7 Å². The van der Waals surface area contributed by atoms with Crippen LogP contribution < -0.4 is 5.32 Å². The summed E-state index contributed by atoms with van der Waals surface area (Å²) < 4.78 is 6.20. The van der Waals surface area contributed by atoms with Crippen molar-refractivity contribution in [3.05, 3.63) is 33.5 Å². The summed E-state index contributed by atoms with van der Waals surface area (Å²) in [6, 6.07) is 5.85. The van der Waals surface area contributed by atoms with Gasteiger partial charge in [-0.15, -0.1) is 0 Å². The Kier molecular flexibility index (Phi) is 4.38. The first-order chi connectivity index (χ1) is 9.75. The number of rotatable bonds is 2. The molecule has 1 aromatic heterocycles. The minimum atomic E-state index is 0.181. The molecule has 1 aliphatic rings. The molecule has 1 N–H and O–H groups in total. The lowest BCUT2D eigenvalue weighted by molar-refractivity contribution is 0.402. The van der Waals surface area contributed by atoms with Crippen molar-refractivity contribution in [3.63, 3.8) is 0 Å². The first-order valence-electron chi connectivity index (χ1n) is 6.77. The third kappa shape index (κ3) is 2.90. The van der Waals surface area contributed by atoms with Gasteiger partial charge in [-0.3, -0.25) is 0 Å². The Morgan fingerprint density at radius 1 is 1.30 bits per heavy atom. The normalized spacial score (nSPS) is 19.8. The van der Waals surface area contributed by atoms with E-state index in [1.165, 1.54) is 19.3 Å². The van der Waals surface area contributed by atoms with E-state index in [2.05, 4.69) is 31.4 Å². The highest BCUT2D eigenvalue weighted by Gasteiger charge is 2.21. The summed E-state index contributed by atoms with van der Waals surface area (Å²) in [5.41, 5.74) is 0.758. The molecule has 0 spiro atoms. The van der Waals surface area contributed by atoms with Gasteiger partial charge in [0.25, 0.3) is 5.89 Å². The first kappa shape index (κ1) is 14.0. The van der Waals surface area contributed by atoms with Gasteiger partial charge >= 0.3 is 0 Å². The molecule has 1 unspecified atom stereocenters. The van der Waals surface area contributed by atoms with Gasteiger partial charge in [-0.05, 0) is 47.4 Å². The highest BCUT2D eigenvalue weighted by molar-refractivity contribution is 9.10. The molecule has 1 aliphatic heterocycles. The van der Waals surface area contributed by atoms with E-state index in [-0.39, 0.29) is 6.04 Å². The van der Waals surface area contributed by atoms with Gasteiger partial charge < -0.3 is 9.84 Å². The third-order valence-electron chi connectivity index (χ3n) is 3.50. The van der Waals surface area contributed by atoms with E-state index in [1.54, 1.807) is 0 Å². The number of hydrogen-bond acceptors (Lipinski definition) is 4. The highest BCUT2D eigenvalue weighted by atomic mass is 79.9. The van der Waals surface area contributed by atoms with E-state index in [1.807, 2.05) is 18.2 Å². The summed E-state index contributed by atoms with van der Waals surface area (Å²) in [6.45, 7) is 1.01. The van der Waals surface area contributed by atoms with E-state index >= 15 is 0 Å². The predicted octanol–water partition coefficient (Wildman–Crippen LogP) is 4.36. The Hall–Kier alpha value is -0.910. The Morgan fingerprint density at radius 2 is 2.20 bits per heavy atom. The number of aromatic nitrogens is 2. The smallest absolute Gasteiger partial charge is 0.259 e. The lowest BCUT2D eigenvalue weighted by atomic mass is 10.1. The average molecular weight is 357 g/mol. The maximum Gasteiger partial charge on any atom is 0.259 e. The first-order valence-corrected chi connectivity index (χ1v) is 7.94. The molecule has 20 heavy (non-hydrogen) atoms. The molecule has 1 aromatic carbocycles. The fraction of sp³-hybridized carbons (Fsp3) is 0.429. The van der Waals surface area contributed by atoms with Crippen LogP contribution in [0.2, 0.25) is 5.02 Å². The highest BCUT2D eigenvalue weighted by Crippen LogP contribution is 2.33. The lowest BCUT2D eigenvalue weighted by Crippen LogP contribution is -2.21. The van der Waals surface area contributed by atoms with Crippen LogP contribution in [-0.2, 0) is 0 Å². The molecule has 0 radical (unpaired) electrons. The Labute approximate surface area is 131 Å². The van der Waals surface area contributed by atoms with Crippen molar-refractivity contribution in [1.82, 2.24) is 15.5 Å². The topological polar surface area (TPSA) is 51.0 Å². The van der Waals surface area contributed by atoms with E-state index < -0.39 is 0 Å². The minimum absolute atomic E-state index is 0.181. The molecule has 0 aliphatic carbocycles. The summed E-state index contributed by atoms with van der Waals surface area (Å²) in [5.74, 6) is 1.19. The maximum absolute atomic E-state index is 6.26. The van der Waals surface area contributed by atoms with Crippen LogP contribution in [0.1, 0.15) is 37.5 Å². The van der Waals surface area contributed by atoms with Crippen molar-refractivity contribution in [3.8, 4) is 11.5 Å². The number of benzene rings is 1. The van der Waals surface area contributed by atoms with E-state index in [0.29, 0.717) is 10.9 Å². The molecular formula is C14H15BrClN3O. The monoisotopic (exact) mass is 355 g/mol. The van der Waals surface area contributed by atoms with Gasteiger partial charge in [0.1, 0.15) is 0 Å². The van der Waals surface area contributed by atoms with Gasteiger partial charge in [0.2, 0.25) is 0 Å². The van der Waals surface area contributed by atoms with Crippen LogP contribution >= 0.6 is 27.5 Å². The standard InChI is InChI=1S/C14H15BrClN3O/c15-10-6-4-5-9(12(10)16)14-18-13(19-20-14)11-7-2-1-3-8-17-11/h4-6,11,17H,1-3,7-8H2. The van der Waals surface area contributed by atoms with Crippen LogP contribution in [0.15, 0.2) is 27.2 Å². The minimum Gasteiger partial charge on any atom is -0.334 e. The van der Waals surface area contributed by atoms with Crippen LogP contribution in [0.5, 0.6) is 0 Å². The van der Waals surface area contributed by atoms with Gasteiger partial charge in [0.15, 0.2) is 5.82 Å². The molecule has 6 heteroatoms. The van der Waals surface area contributed by atoms with Crippen molar-refractivity contribution in [2.24, 2.45) is 0 Å². The molecule has 2 aromatic rings. The van der Waals surface area contributed by atoms with E-state index in [4.69, 9.17) is 16.1 Å². The van der Waals surface area contributed by atoms with Crippen LogP contribution in [0, 0.1) is 0 Å². The quantitative estimate of drug-likeness (QED) is 0.868. The SMILES string of the molecule is Clc1c(Br)cccc1-c1nc(C2CCCCCN2)no1. The second-order valence-electron chi connectivity index (χ2n) is 4.92. The van der Waals surface area contributed by atoms with Gasteiger partial charge in [-0.25, -0.2) is 0 Å². The van der Waals surface area contributed by atoms with Crippen LogP contribution in [0.4, 0.5) is 0 Å². The van der Waals surface area contributed by atoms with Gasteiger partial charge in [-0.1, -0.05) is 35.7 Å². The molecular weight excluding hydrogens is 342 g/mol. The maximum atomic E-state index is 6.26. The molecule has 0 bridgehead atoms. The fourth-order valence-corrected chi connectivity index (χ4v) is 2.98. The molecule has 3 rings (SSSR count). The van der Waals surface area contributed by atoms with E-state index in [9.17, 15) is 0 Å². The van der Waals surface area contributed by atoms with Crippen LogP contribution in [0.3, 0.4) is 0 Å². The number of nitrogens with one attached hydrogen (secondary N) is 1. The number of hydrogen-bond donors (Lipinski definition) is 1. The van der Waals surface area contributed by atoms with Crippen molar-refractivity contribution in [2.45, 2.75) is 31.7 Å². The molecule has 1 fully saturated rings.